The number of anilines is 1. The van der Waals surface area contributed by atoms with E-state index in [2.05, 4.69) is 5.32 Å². The Labute approximate surface area is 128 Å². The van der Waals surface area contributed by atoms with E-state index in [1.807, 2.05) is 31.2 Å². The molecule has 2 rings (SSSR count). The molecule has 102 valence electrons. The molecule has 0 atom stereocenters. The highest BCUT2D eigenvalue weighted by molar-refractivity contribution is 6.32. The Bertz CT molecular complexity index is 665. The summed E-state index contributed by atoms with van der Waals surface area (Å²) in [5, 5.41) is 3.98. The minimum atomic E-state index is -0.227. The fourth-order valence-corrected chi connectivity index (χ4v) is 2.05. The number of halogens is 2. The number of benzene rings is 2. The second-order valence-corrected chi connectivity index (χ2v) is 5.15. The van der Waals surface area contributed by atoms with Gasteiger partial charge in [0.15, 0.2) is 0 Å². The molecule has 0 aliphatic heterocycles. The van der Waals surface area contributed by atoms with Crippen LogP contribution in [0.5, 0.6) is 0 Å². The number of hydrogen-bond acceptors (Lipinski definition) is 1. The molecule has 0 saturated carbocycles. The van der Waals surface area contributed by atoms with Crippen molar-refractivity contribution in [2.45, 2.75) is 6.92 Å². The first-order valence-electron chi connectivity index (χ1n) is 6.06. The Morgan fingerprint density at radius 1 is 1.15 bits per heavy atom. The Morgan fingerprint density at radius 2 is 1.90 bits per heavy atom. The van der Waals surface area contributed by atoms with E-state index < -0.39 is 0 Å². The van der Waals surface area contributed by atoms with Gasteiger partial charge in [-0.3, -0.25) is 4.79 Å². The van der Waals surface area contributed by atoms with Gasteiger partial charge in [-0.25, -0.2) is 0 Å². The van der Waals surface area contributed by atoms with Gasteiger partial charge in [-0.15, -0.1) is 0 Å². The van der Waals surface area contributed by atoms with Crippen LogP contribution < -0.4 is 5.32 Å². The minimum absolute atomic E-state index is 0.227. The second-order valence-electron chi connectivity index (χ2n) is 4.30. The van der Waals surface area contributed by atoms with Crippen molar-refractivity contribution in [3.8, 4) is 0 Å². The molecule has 0 aliphatic rings. The van der Waals surface area contributed by atoms with Crippen molar-refractivity contribution in [2.75, 3.05) is 5.32 Å². The van der Waals surface area contributed by atoms with Crippen molar-refractivity contribution in [3.63, 3.8) is 0 Å². The molecule has 4 heteroatoms. The molecule has 0 fully saturated rings. The first-order valence-corrected chi connectivity index (χ1v) is 6.81. The van der Waals surface area contributed by atoms with Gasteiger partial charge in [0.05, 0.1) is 0 Å². The van der Waals surface area contributed by atoms with Crippen LogP contribution in [0.4, 0.5) is 5.69 Å². The fraction of sp³-hybridized carbons (Fsp3) is 0.0625. The lowest BCUT2D eigenvalue weighted by atomic mass is 10.2. The van der Waals surface area contributed by atoms with Crippen molar-refractivity contribution >= 4 is 40.9 Å². The maximum atomic E-state index is 11.9. The lowest BCUT2D eigenvalue weighted by Crippen LogP contribution is -2.08. The summed E-state index contributed by atoms with van der Waals surface area (Å²) in [6, 6.07) is 12.7. The van der Waals surface area contributed by atoms with Gasteiger partial charge >= 0.3 is 0 Å². The highest BCUT2D eigenvalue weighted by Crippen LogP contribution is 2.20. The minimum Gasteiger partial charge on any atom is -0.322 e. The molecule has 2 aromatic rings. The molecular weight excluding hydrogens is 293 g/mol. The Morgan fingerprint density at radius 3 is 2.65 bits per heavy atom. The van der Waals surface area contributed by atoms with Crippen molar-refractivity contribution in [1.82, 2.24) is 0 Å². The smallest absolute Gasteiger partial charge is 0.248 e. The molecule has 2 nitrogen and oxygen atoms in total. The number of amides is 1. The number of carbonyl (C=O) groups is 1. The summed E-state index contributed by atoms with van der Waals surface area (Å²) in [5.74, 6) is -0.227. The topological polar surface area (TPSA) is 29.1 Å². The molecular formula is C16H13Cl2NO. The molecule has 0 aliphatic carbocycles. The maximum Gasteiger partial charge on any atom is 0.248 e. The zero-order valence-corrected chi connectivity index (χ0v) is 12.4. The Kier molecular flexibility index (Phi) is 4.83. The van der Waals surface area contributed by atoms with Crippen LogP contribution in [0.1, 0.15) is 11.1 Å². The molecule has 0 heterocycles. The number of nitrogens with one attached hydrogen (secondary N) is 1. The van der Waals surface area contributed by atoms with Crippen LogP contribution >= 0.6 is 23.2 Å². The van der Waals surface area contributed by atoms with E-state index in [0.717, 1.165) is 11.1 Å². The van der Waals surface area contributed by atoms with Gasteiger partial charge in [-0.1, -0.05) is 47.5 Å². The number of aryl methyl sites for hydroxylation is 1. The largest absolute Gasteiger partial charge is 0.322 e. The third kappa shape index (κ3) is 3.86. The van der Waals surface area contributed by atoms with E-state index >= 15 is 0 Å². The standard InChI is InChI=1S/C16H13Cl2NO/c1-11-6-8-13(17)10-15(11)19-16(20)9-7-12-4-2-3-5-14(12)18/h2-10H,1H3,(H,19,20). The molecule has 0 bridgehead atoms. The van der Waals surface area contributed by atoms with Crippen LogP contribution in [0.15, 0.2) is 48.5 Å². The number of carbonyl (C=O) groups excluding carboxylic acids is 1. The van der Waals surface area contributed by atoms with E-state index in [-0.39, 0.29) is 5.91 Å². The van der Waals surface area contributed by atoms with Crippen molar-refractivity contribution in [2.24, 2.45) is 0 Å². The van der Waals surface area contributed by atoms with Crippen molar-refractivity contribution in [1.29, 1.82) is 0 Å². The summed E-state index contributed by atoms with van der Waals surface area (Å²) < 4.78 is 0. The van der Waals surface area contributed by atoms with Gasteiger partial charge in [-0.2, -0.15) is 0 Å². The van der Waals surface area contributed by atoms with Gasteiger partial charge in [0.2, 0.25) is 5.91 Å². The molecule has 1 amide bonds. The van der Waals surface area contributed by atoms with Crippen molar-refractivity contribution < 1.29 is 4.79 Å². The summed E-state index contributed by atoms with van der Waals surface area (Å²) >= 11 is 11.9. The fourth-order valence-electron chi connectivity index (χ4n) is 1.68. The van der Waals surface area contributed by atoms with Crippen LogP contribution in [0, 0.1) is 6.92 Å². The Hall–Kier alpha value is -1.77. The monoisotopic (exact) mass is 305 g/mol. The van der Waals surface area contributed by atoms with E-state index in [9.17, 15) is 4.79 Å². The Balaban J connectivity index is 2.10. The first kappa shape index (κ1) is 14.6. The predicted octanol–water partition coefficient (Wildman–Crippen LogP) is 4.95. The van der Waals surface area contributed by atoms with Crippen molar-refractivity contribution in [3.05, 3.63) is 69.7 Å². The SMILES string of the molecule is Cc1ccc(Cl)cc1NC(=O)C=Cc1ccccc1Cl. The van der Waals surface area contributed by atoms with Gasteiger partial charge < -0.3 is 5.32 Å². The van der Waals surface area contributed by atoms with Crippen LogP contribution in [-0.4, -0.2) is 5.91 Å². The maximum absolute atomic E-state index is 11.9. The molecule has 0 saturated heterocycles. The van der Waals surface area contributed by atoms with E-state index in [4.69, 9.17) is 23.2 Å². The third-order valence-electron chi connectivity index (χ3n) is 2.78. The highest BCUT2D eigenvalue weighted by atomic mass is 35.5. The summed E-state index contributed by atoms with van der Waals surface area (Å²) in [4.78, 5) is 11.9. The normalized spacial score (nSPS) is 10.8. The van der Waals surface area contributed by atoms with E-state index in [1.54, 1.807) is 24.3 Å². The zero-order valence-electron chi connectivity index (χ0n) is 10.9. The average molecular weight is 306 g/mol. The van der Waals surface area contributed by atoms with E-state index in [0.29, 0.717) is 15.7 Å². The predicted molar refractivity (Wildman–Crippen MR) is 85.3 cm³/mol. The average Bonchev–Trinajstić information content (AvgIpc) is 2.42. The molecule has 0 unspecified atom stereocenters. The number of hydrogen-bond donors (Lipinski definition) is 1. The van der Waals surface area contributed by atoms with Crippen LogP contribution in [0.3, 0.4) is 0 Å². The first-order chi connectivity index (χ1) is 9.56. The van der Waals surface area contributed by atoms with Gasteiger partial charge in [0, 0.05) is 21.8 Å². The molecule has 2 aromatic carbocycles. The quantitative estimate of drug-likeness (QED) is 0.798. The van der Waals surface area contributed by atoms with Gasteiger partial charge in [0.25, 0.3) is 0 Å². The highest BCUT2D eigenvalue weighted by Gasteiger charge is 2.03. The zero-order chi connectivity index (χ0) is 14.5. The summed E-state index contributed by atoms with van der Waals surface area (Å²) in [6.07, 6.45) is 3.12. The lowest BCUT2D eigenvalue weighted by Gasteiger charge is -2.06. The van der Waals surface area contributed by atoms with Gasteiger partial charge in [-0.05, 0) is 42.3 Å². The third-order valence-corrected chi connectivity index (χ3v) is 3.36. The molecule has 0 spiro atoms. The summed E-state index contributed by atoms with van der Waals surface area (Å²) in [5.41, 5.74) is 2.45. The lowest BCUT2D eigenvalue weighted by molar-refractivity contribution is -0.111. The summed E-state index contributed by atoms with van der Waals surface area (Å²) in [7, 11) is 0. The summed E-state index contributed by atoms with van der Waals surface area (Å²) in [6.45, 7) is 1.91. The van der Waals surface area contributed by atoms with Crippen LogP contribution in [-0.2, 0) is 4.79 Å². The second kappa shape index (κ2) is 6.60. The number of rotatable bonds is 3. The molecule has 1 N–H and O–H groups in total. The van der Waals surface area contributed by atoms with E-state index in [1.165, 1.54) is 6.08 Å². The molecule has 20 heavy (non-hydrogen) atoms. The van der Waals surface area contributed by atoms with Crippen LogP contribution in [0.25, 0.3) is 6.08 Å². The molecule has 0 radical (unpaired) electrons. The van der Waals surface area contributed by atoms with Crippen LogP contribution in [0.2, 0.25) is 10.0 Å². The van der Waals surface area contributed by atoms with Gasteiger partial charge in [0.1, 0.15) is 0 Å². The molecule has 0 aromatic heterocycles.